The van der Waals surface area contributed by atoms with E-state index < -0.39 is 12.0 Å². The molecule has 1 aliphatic carbocycles. The molecule has 2 fully saturated rings. The second-order valence-corrected chi connectivity index (χ2v) is 11.5. The number of carbonyl (C=O) groups excluding carboxylic acids is 2. The number of alkyl halides is 1. The van der Waals surface area contributed by atoms with Crippen LogP contribution in [0.2, 0.25) is 0 Å². The quantitative estimate of drug-likeness (QED) is 0.399. The standard InChI is InChI=1S/C32H37FN2O4/c1-20(19-33)22-9-11-24(12-10-22)31(37)35-15-14-26(23-6-4-3-5-7-23)30(35)29(36)17-21-8-13-27-25(16-21)18-28(32(38)39)34(27)2/h3-8,13,16,18,20,22,24,26,30H,9-12,14-15,17,19H2,1-2H3,(H,38,39)/t20?,22?,24?,26-,30+/m1/s1. The van der Waals surface area contributed by atoms with Crippen molar-refractivity contribution in [3.05, 3.63) is 71.4 Å². The maximum Gasteiger partial charge on any atom is 0.352 e. The smallest absolute Gasteiger partial charge is 0.352 e. The molecule has 2 aliphatic rings. The van der Waals surface area contributed by atoms with Crippen LogP contribution in [0.5, 0.6) is 0 Å². The molecule has 1 saturated heterocycles. The van der Waals surface area contributed by atoms with Gasteiger partial charge in [-0.05, 0) is 73.3 Å². The molecule has 2 heterocycles. The lowest BCUT2D eigenvalue weighted by Crippen LogP contribution is -2.46. The van der Waals surface area contributed by atoms with Gasteiger partial charge in [0.15, 0.2) is 5.78 Å². The number of hydrogen-bond acceptors (Lipinski definition) is 3. The molecular weight excluding hydrogens is 495 g/mol. The van der Waals surface area contributed by atoms with Crippen molar-refractivity contribution in [3.8, 4) is 0 Å². The summed E-state index contributed by atoms with van der Waals surface area (Å²) in [6, 6.07) is 16.7. The van der Waals surface area contributed by atoms with Crippen LogP contribution in [-0.2, 0) is 23.1 Å². The first-order valence-electron chi connectivity index (χ1n) is 14.0. The van der Waals surface area contributed by atoms with Crippen molar-refractivity contribution in [1.29, 1.82) is 0 Å². The van der Waals surface area contributed by atoms with Crippen LogP contribution in [0.1, 0.15) is 66.6 Å². The minimum absolute atomic E-state index is 0.00294. The number of fused-ring (bicyclic) bond motifs is 1. The van der Waals surface area contributed by atoms with E-state index in [1.54, 1.807) is 17.7 Å². The summed E-state index contributed by atoms with van der Waals surface area (Å²) < 4.78 is 14.8. The number of aromatic carboxylic acids is 1. The van der Waals surface area contributed by atoms with Crippen LogP contribution in [0.3, 0.4) is 0 Å². The van der Waals surface area contributed by atoms with E-state index in [-0.39, 0.29) is 48.2 Å². The van der Waals surface area contributed by atoms with Crippen LogP contribution in [0.15, 0.2) is 54.6 Å². The number of hydrogen-bond donors (Lipinski definition) is 1. The molecule has 1 aliphatic heterocycles. The summed E-state index contributed by atoms with van der Waals surface area (Å²) in [5.41, 5.74) is 2.86. The molecule has 3 aromatic rings. The fourth-order valence-electron chi connectivity index (χ4n) is 6.80. The van der Waals surface area contributed by atoms with Gasteiger partial charge in [-0.1, -0.05) is 43.3 Å². The lowest BCUT2D eigenvalue weighted by atomic mass is 9.76. The number of Topliss-reactive ketones (excluding diaryl/α,β-unsaturated/α-hetero) is 1. The van der Waals surface area contributed by atoms with Crippen LogP contribution in [0.25, 0.3) is 10.9 Å². The van der Waals surface area contributed by atoms with Gasteiger partial charge in [-0.2, -0.15) is 0 Å². The van der Waals surface area contributed by atoms with E-state index in [2.05, 4.69) is 0 Å². The van der Waals surface area contributed by atoms with Crippen LogP contribution in [0.4, 0.5) is 4.39 Å². The van der Waals surface area contributed by atoms with Gasteiger partial charge in [-0.3, -0.25) is 14.0 Å². The molecule has 1 N–H and O–H groups in total. The number of aryl methyl sites for hydroxylation is 1. The first-order chi connectivity index (χ1) is 18.8. The third kappa shape index (κ3) is 5.36. The molecule has 1 aromatic heterocycles. The third-order valence-electron chi connectivity index (χ3n) is 9.11. The molecule has 1 amide bonds. The van der Waals surface area contributed by atoms with Crippen molar-refractivity contribution in [2.24, 2.45) is 24.8 Å². The van der Waals surface area contributed by atoms with Crippen LogP contribution >= 0.6 is 0 Å². The van der Waals surface area contributed by atoms with Crippen LogP contribution in [0, 0.1) is 17.8 Å². The van der Waals surface area contributed by atoms with E-state index in [9.17, 15) is 23.9 Å². The minimum Gasteiger partial charge on any atom is -0.477 e. The molecule has 5 rings (SSSR count). The van der Waals surface area contributed by atoms with Gasteiger partial charge >= 0.3 is 5.97 Å². The monoisotopic (exact) mass is 532 g/mol. The predicted molar refractivity (Wildman–Crippen MR) is 148 cm³/mol. The fourth-order valence-corrected chi connectivity index (χ4v) is 6.80. The van der Waals surface area contributed by atoms with Crippen molar-refractivity contribution >= 4 is 28.6 Å². The van der Waals surface area contributed by atoms with Gasteiger partial charge < -0.3 is 14.6 Å². The molecular formula is C32H37FN2O4. The highest BCUT2D eigenvalue weighted by Gasteiger charge is 2.44. The van der Waals surface area contributed by atoms with Gasteiger partial charge in [0.25, 0.3) is 0 Å². The van der Waals surface area contributed by atoms with E-state index in [1.165, 1.54) is 0 Å². The number of rotatable bonds is 8. The van der Waals surface area contributed by atoms with E-state index in [4.69, 9.17) is 0 Å². The van der Waals surface area contributed by atoms with Gasteiger partial charge in [-0.25, -0.2) is 4.79 Å². The number of carboxylic acid groups (broad SMARTS) is 1. The summed E-state index contributed by atoms with van der Waals surface area (Å²) in [7, 11) is 1.72. The number of amides is 1. The predicted octanol–water partition coefficient (Wildman–Crippen LogP) is 5.78. The molecule has 206 valence electrons. The molecule has 2 aromatic carbocycles. The van der Waals surface area contributed by atoms with Gasteiger partial charge in [0.1, 0.15) is 5.69 Å². The van der Waals surface area contributed by atoms with Crippen molar-refractivity contribution in [2.45, 2.75) is 57.4 Å². The van der Waals surface area contributed by atoms with Crippen molar-refractivity contribution in [1.82, 2.24) is 9.47 Å². The average Bonchev–Trinajstić information content (AvgIpc) is 3.54. The summed E-state index contributed by atoms with van der Waals surface area (Å²) in [4.78, 5) is 41.2. The van der Waals surface area contributed by atoms with Gasteiger partial charge in [-0.15, -0.1) is 0 Å². The Hall–Kier alpha value is -3.48. The Balaban J connectivity index is 1.38. The van der Waals surface area contributed by atoms with Crippen molar-refractivity contribution in [3.63, 3.8) is 0 Å². The number of ketones is 1. The van der Waals surface area contributed by atoms with Crippen molar-refractivity contribution in [2.75, 3.05) is 13.2 Å². The highest BCUT2D eigenvalue weighted by Crippen LogP contribution is 2.39. The Kier molecular flexibility index (Phi) is 7.87. The van der Waals surface area contributed by atoms with Gasteiger partial charge in [0.2, 0.25) is 5.91 Å². The Morgan fingerprint density at radius 2 is 1.72 bits per heavy atom. The molecule has 0 spiro atoms. The molecule has 0 bridgehead atoms. The molecule has 1 unspecified atom stereocenters. The molecule has 3 atom stereocenters. The third-order valence-corrected chi connectivity index (χ3v) is 9.11. The van der Waals surface area contributed by atoms with E-state index >= 15 is 0 Å². The lowest BCUT2D eigenvalue weighted by molar-refractivity contribution is -0.142. The summed E-state index contributed by atoms with van der Waals surface area (Å²) in [6.45, 7) is 2.17. The molecule has 0 radical (unpaired) electrons. The number of likely N-dealkylation sites (tertiary alicyclic amines) is 1. The summed E-state index contributed by atoms with van der Waals surface area (Å²) in [6.07, 6.45) is 4.11. The van der Waals surface area contributed by atoms with Gasteiger partial charge in [0, 0.05) is 42.8 Å². The summed E-state index contributed by atoms with van der Waals surface area (Å²) in [5, 5.41) is 10.3. The highest BCUT2D eigenvalue weighted by molar-refractivity contribution is 5.96. The Labute approximate surface area is 228 Å². The zero-order valence-corrected chi connectivity index (χ0v) is 22.7. The Morgan fingerprint density at radius 1 is 1.00 bits per heavy atom. The zero-order valence-electron chi connectivity index (χ0n) is 22.7. The molecule has 6 nitrogen and oxygen atoms in total. The fraction of sp³-hybridized carbons (Fsp3) is 0.469. The number of carbonyl (C=O) groups is 3. The number of nitrogens with zero attached hydrogens (tertiary/aromatic N) is 2. The van der Waals surface area contributed by atoms with Crippen LogP contribution < -0.4 is 0 Å². The second kappa shape index (κ2) is 11.3. The summed E-state index contributed by atoms with van der Waals surface area (Å²) >= 11 is 0. The Bertz CT molecular complexity index is 1360. The largest absolute Gasteiger partial charge is 0.477 e. The SMILES string of the molecule is CC(CF)C1CCC(C(=O)N2CC[C@H](c3ccccc3)[C@H]2C(=O)Cc2ccc3c(c2)cc(C(=O)O)n3C)CC1. The molecule has 39 heavy (non-hydrogen) atoms. The first-order valence-corrected chi connectivity index (χ1v) is 14.0. The number of benzene rings is 2. The maximum absolute atomic E-state index is 14.0. The number of halogens is 1. The van der Waals surface area contributed by atoms with Gasteiger partial charge in [0.05, 0.1) is 12.7 Å². The average molecular weight is 533 g/mol. The lowest BCUT2D eigenvalue weighted by Gasteiger charge is -2.35. The minimum atomic E-state index is -0.995. The second-order valence-electron chi connectivity index (χ2n) is 11.5. The normalized spacial score (nSPS) is 24.1. The van der Waals surface area contributed by atoms with Crippen LogP contribution in [-0.4, -0.2) is 51.5 Å². The zero-order chi connectivity index (χ0) is 27.7. The maximum atomic E-state index is 14.0. The Morgan fingerprint density at radius 3 is 2.38 bits per heavy atom. The summed E-state index contributed by atoms with van der Waals surface area (Å²) in [5.74, 6) is -0.770. The van der Waals surface area contributed by atoms with E-state index in [0.717, 1.165) is 54.1 Å². The number of carboxylic acids is 1. The number of aromatic nitrogens is 1. The van der Waals surface area contributed by atoms with Crippen molar-refractivity contribution < 1.29 is 23.9 Å². The molecule has 1 saturated carbocycles. The van der Waals surface area contributed by atoms with E-state index in [1.807, 2.05) is 60.4 Å². The topological polar surface area (TPSA) is 79.6 Å². The van der Waals surface area contributed by atoms with E-state index in [0.29, 0.717) is 12.5 Å². The first kappa shape index (κ1) is 27.1. The molecule has 7 heteroatoms. The highest BCUT2D eigenvalue weighted by atomic mass is 19.1.